The molecule has 0 aromatic heterocycles. The highest BCUT2D eigenvalue weighted by molar-refractivity contribution is 5.78. The van der Waals surface area contributed by atoms with Gasteiger partial charge in [0.05, 0.1) is 0 Å². The van der Waals surface area contributed by atoms with Crippen molar-refractivity contribution in [1.82, 2.24) is 16.0 Å². The van der Waals surface area contributed by atoms with E-state index < -0.39 is 0 Å². The maximum absolute atomic E-state index is 11.2. The Kier molecular flexibility index (Phi) is 3.85. The van der Waals surface area contributed by atoms with E-state index in [9.17, 15) is 4.79 Å². The minimum Gasteiger partial charge on any atom is -0.354 e. The molecule has 3 N–H and O–H groups in total. The molecule has 0 aromatic carbocycles. The van der Waals surface area contributed by atoms with Gasteiger partial charge in [-0.1, -0.05) is 12.8 Å². The van der Waals surface area contributed by atoms with Crippen LogP contribution >= 0.6 is 0 Å². The molecule has 2 saturated heterocycles. The fourth-order valence-corrected chi connectivity index (χ4v) is 3.95. The van der Waals surface area contributed by atoms with Crippen LogP contribution in [0, 0.1) is 5.92 Å². The second-order valence-electron chi connectivity index (χ2n) is 6.13. The molecule has 2 aliphatic heterocycles. The van der Waals surface area contributed by atoms with Crippen LogP contribution < -0.4 is 16.0 Å². The van der Waals surface area contributed by atoms with Crippen molar-refractivity contribution in [3.05, 3.63) is 0 Å². The second kappa shape index (κ2) is 5.57. The molecule has 3 aliphatic rings. The van der Waals surface area contributed by atoms with E-state index in [1.165, 1.54) is 45.1 Å². The summed E-state index contributed by atoms with van der Waals surface area (Å²) in [6.07, 6.45) is 8.70. The summed E-state index contributed by atoms with van der Waals surface area (Å²) in [5.41, 5.74) is 0. The summed E-state index contributed by atoms with van der Waals surface area (Å²) in [5, 5.41) is 10.4. The molecule has 4 unspecified atom stereocenters. The highest BCUT2D eigenvalue weighted by Gasteiger charge is 2.36. The van der Waals surface area contributed by atoms with Gasteiger partial charge in [0.2, 0.25) is 5.91 Å². The van der Waals surface area contributed by atoms with E-state index >= 15 is 0 Å². The molecule has 4 nitrogen and oxygen atoms in total. The Labute approximate surface area is 109 Å². The number of hydrogen-bond acceptors (Lipinski definition) is 3. The Hall–Kier alpha value is -0.610. The highest BCUT2D eigenvalue weighted by atomic mass is 16.1. The maximum Gasteiger partial charge on any atom is 0.221 e. The van der Waals surface area contributed by atoms with Crippen LogP contribution in [0.3, 0.4) is 0 Å². The average molecular weight is 251 g/mol. The summed E-state index contributed by atoms with van der Waals surface area (Å²) in [5.74, 6) is 0.985. The monoisotopic (exact) mass is 251 g/mol. The van der Waals surface area contributed by atoms with E-state index in [1.54, 1.807) is 0 Å². The van der Waals surface area contributed by atoms with Gasteiger partial charge >= 0.3 is 0 Å². The number of rotatable bonds is 3. The predicted molar refractivity (Wildman–Crippen MR) is 71.3 cm³/mol. The molecule has 102 valence electrons. The summed E-state index contributed by atoms with van der Waals surface area (Å²) in [6, 6.07) is 1.70. The molecule has 2 heterocycles. The number of hydrogen-bond donors (Lipinski definition) is 3. The quantitative estimate of drug-likeness (QED) is 0.694. The smallest absolute Gasteiger partial charge is 0.221 e. The topological polar surface area (TPSA) is 53.2 Å². The molecule has 0 aromatic rings. The molecule has 1 saturated carbocycles. The number of nitrogens with one attached hydrogen (secondary N) is 3. The Bertz CT molecular complexity index is 301. The lowest BCUT2D eigenvalue weighted by molar-refractivity contribution is -0.119. The lowest BCUT2D eigenvalue weighted by atomic mass is 9.88. The van der Waals surface area contributed by atoms with Crippen molar-refractivity contribution in [3.8, 4) is 0 Å². The zero-order chi connectivity index (χ0) is 12.4. The first kappa shape index (κ1) is 12.4. The van der Waals surface area contributed by atoms with Gasteiger partial charge in [0.1, 0.15) is 0 Å². The third-order valence-electron chi connectivity index (χ3n) is 4.86. The minimum absolute atomic E-state index is 0.206. The Morgan fingerprint density at radius 3 is 2.78 bits per heavy atom. The van der Waals surface area contributed by atoms with Gasteiger partial charge in [-0.15, -0.1) is 0 Å². The Balaban J connectivity index is 1.55. The number of piperidine rings is 1. The van der Waals surface area contributed by atoms with Gasteiger partial charge in [0, 0.05) is 31.1 Å². The number of amides is 1. The fraction of sp³-hybridized carbons (Fsp3) is 0.929. The van der Waals surface area contributed by atoms with Gasteiger partial charge in [0.25, 0.3) is 0 Å². The average Bonchev–Trinajstić information content (AvgIpc) is 3.00. The highest BCUT2D eigenvalue weighted by Crippen LogP contribution is 2.32. The normalized spacial score (nSPS) is 41.0. The van der Waals surface area contributed by atoms with Gasteiger partial charge in [-0.25, -0.2) is 0 Å². The molecular formula is C14H25N3O. The summed E-state index contributed by atoms with van der Waals surface area (Å²) < 4.78 is 0. The first-order chi connectivity index (χ1) is 8.83. The standard InChI is InChI=1S/C14H25N3O/c18-14-8-10(9-16-14)17-13-6-3-4-11(13)12-5-1-2-7-15-12/h10-13,15,17H,1-9H2,(H,16,18). The molecule has 1 amide bonds. The van der Waals surface area contributed by atoms with Crippen molar-refractivity contribution in [1.29, 1.82) is 0 Å². The van der Waals surface area contributed by atoms with Crippen molar-refractivity contribution in [2.45, 2.75) is 63.1 Å². The molecule has 0 bridgehead atoms. The van der Waals surface area contributed by atoms with Gasteiger partial charge < -0.3 is 16.0 Å². The minimum atomic E-state index is 0.206. The third kappa shape index (κ3) is 2.69. The number of carbonyl (C=O) groups is 1. The zero-order valence-electron chi connectivity index (χ0n) is 11.1. The lowest BCUT2D eigenvalue weighted by Crippen LogP contribution is -2.49. The Morgan fingerprint density at radius 1 is 1.11 bits per heavy atom. The molecule has 3 fully saturated rings. The van der Waals surface area contributed by atoms with E-state index in [-0.39, 0.29) is 5.91 Å². The molecule has 18 heavy (non-hydrogen) atoms. The van der Waals surface area contributed by atoms with Crippen molar-refractivity contribution in [2.24, 2.45) is 5.92 Å². The van der Waals surface area contributed by atoms with Gasteiger partial charge in [-0.05, 0) is 38.1 Å². The summed E-state index contributed by atoms with van der Waals surface area (Å²) in [4.78, 5) is 11.2. The van der Waals surface area contributed by atoms with Crippen molar-refractivity contribution < 1.29 is 4.79 Å². The second-order valence-corrected chi connectivity index (χ2v) is 6.13. The van der Waals surface area contributed by atoms with Gasteiger partial charge in [-0.2, -0.15) is 0 Å². The largest absolute Gasteiger partial charge is 0.354 e. The van der Waals surface area contributed by atoms with Crippen molar-refractivity contribution in [2.75, 3.05) is 13.1 Å². The van der Waals surface area contributed by atoms with Crippen LogP contribution in [0.2, 0.25) is 0 Å². The first-order valence-electron chi connectivity index (χ1n) is 7.59. The van der Waals surface area contributed by atoms with Crippen LogP contribution in [0.25, 0.3) is 0 Å². The van der Waals surface area contributed by atoms with E-state index in [1.807, 2.05) is 0 Å². The molecular weight excluding hydrogens is 226 g/mol. The molecule has 4 atom stereocenters. The Morgan fingerprint density at radius 2 is 2.06 bits per heavy atom. The van der Waals surface area contributed by atoms with Crippen LogP contribution in [-0.4, -0.2) is 37.1 Å². The van der Waals surface area contributed by atoms with Gasteiger partial charge in [0.15, 0.2) is 0 Å². The molecule has 3 rings (SSSR count). The predicted octanol–water partition coefficient (Wildman–Crippen LogP) is 0.775. The summed E-state index contributed by atoms with van der Waals surface area (Å²) in [7, 11) is 0. The summed E-state index contributed by atoms with van der Waals surface area (Å²) in [6.45, 7) is 2.01. The lowest BCUT2D eigenvalue weighted by Gasteiger charge is -2.34. The van der Waals surface area contributed by atoms with Crippen LogP contribution in [0.4, 0.5) is 0 Å². The van der Waals surface area contributed by atoms with Crippen LogP contribution in [0.1, 0.15) is 44.9 Å². The summed E-state index contributed by atoms with van der Waals surface area (Å²) >= 11 is 0. The van der Waals surface area contributed by atoms with E-state index in [0.717, 1.165) is 12.5 Å². The zero-order valence-corrected chi connectivity index (χ0v) is 11.1. The van der Waals surface area contributed by atoms with Crippen LogP contribution in [-0.2, 0) is 4.79 Å². The van der Waals surface area contributed by atoms with Crippen molar-refractivity contribution >= 4 is 5.91 Å². The molecule has 0 spiro atoms. The third-order valence-corrected chi connectivity index (χ3v) is 4.86. The van der Waals surface area contributed by atoms with Gasteiger partial charge in [-0.3, -0.25) is 4.79 Å². The maximum atomic E-state index is 11.2. The molecule has 4 heteroatoms. The van der Waals surface area contributed by atoms with Crippen LogP contribution in [0.5, 0.6) is 0 Å². The van der Waals surface area contributed by atoms with E-state index in [4.69, 9.17) is 0 Å². The first-order valence-corrected chi connectivity index (χ1v) is 7.59. The fourth-order valence-electron chi connectivity index (χ4n) is 3.95. The number of carbonyl (C=O) groups excluding carboxylic acids is 1. The van der Waals surface area contributed by atoms with E-state index in [0.29, 0.717) is 24.5 Å². The van der Waals surface area contributed by atoms with Crippen LogP contribution in [0.15, 0.2) is 0 Å². The SMILES string of the molecule is O=C1CC(NC2CCCC2C2CCCCN2)CN1. The van der Waals surface area contributed by atoms with Crippen molar-refractivity contribution in [3.63, 3.8) is 0 Å². The molecule has 0 radical (unpaired) electrons. The van der Waals surface area contributed by atoms with E-state index in [2.05, 4.69) is 16.0 Å². The molecule has 1 aliphatic carbocycles.